The lowest BCUT2D eigenvalue weighted by molar-refractivity contribution is -0.133. The number of benzene rings is 1. The van der Waals surface area contributed by atoms with Crippen molar-refractivity contribution < 1.29 is 9.59 Å². The van der Waals surface area contributed by atoms with Crippen molar-refractivity contribution in [1.82, 2.24) is 15.1 Å². The SMILES string of the molecule is O=C(CCC1CCNC1)N1CCN(CC(=O)N2CCc3ccccc32)CC1. The molecular formula is C21H30N4O2. The third-order valence-electron chi connectivity index (χ3n) is 6.20. The number of carbonyl (C=O) groups is 2. The van der Waals surface area contributed by atoms with Crippen LogP contribution < -0.4 is 10.2 Å². The van der Waals surface area contributed by atoms with E-state index in [2.05, 4.69) is 16.3 Å². The fourth-order valence-electron chi connectivity index (χ4n) is 4.48. The average Bonchev–Trinajstić information content (AvgIpc) is 3.36. The molecule has 3 heterocycles. The molecule has 1 unspecified atom stereocenters. The first-order chi connectivity index (χ1) is 13.2. The highest BCUT2D eigenvalue weighted by atomic mass is 16.2. The summed E-state index contributed by atoms with van der Waals surface area (Å²) in [5.74, 6) is 1.12. The summed E-state index contributed by atoms with van der Waals surface area (Å²) in [5, 5.41) is 3.36. The Bertz CT molecular complexity index is 679. The summed E-state index contributed by atoms with van der Waals surface area (Å²) in [6.07, 6.45) is 3.80. The average molecular weight is 370 g/mol. The summed E-state index contributed by atoms with van der Waals surface area (Å²) in [5.41, 5.74) is 2.33. The Balaban J connectivity index is 1.21. The van der Waals surface area contributed by atoms with Crippen LogP contribution in [-0.4, -0.2) is 74.0 Å². The van der Waals surface area contributed by atoms with Crippen LogP contribution in [0.1, 0.15) is 24.8 Å². The van der Waals surface area contributed by atoms with Crippen molar-refractivity contribution >= 4 is 17.5 Å². The van der Waals surface area contributed by atoms with Crippen molar-refractivity contribution in [1.29, 1.82) is 0 Å². The maximum absolute atomic E-state index is 12.7. The molecule has 1 aromatic rings. The minimum atomic E-state index is 0.174. The highest BCUT2D eigenvalue weighted by molar-refractivity contribution is 5.96. The molecule has 3 aliphatic rings. The summed E-state index contributed by atoms with van der Waals surface area (Å²) in [7, 11) is 0. The second-order valence-electron chi connectivity index (χ2n) is 7.98. The Morgan fingerprint density at radius 1 is 1.04 bits per heavy atom. The monoisotopic (exact) mass is 370 g/mol. The number of piperazine rings is 1. The van der Waals surface area contributed by atoms with Crippen molar-refractivity contribution in [3.63, 3.8) is 0 Å². The van der Waals surface area contributed by atoms with E-state index in [1.54, 1.807) is 0 Å². The maximum atomic E-state index is 12.7. The van der Waals surface area contributed by atoms with E-state index in [0.717, 1.165) is 64.3 Å². The predicted molar refractivity (Wildman–Crippen MR) is 106 cm³/mol. The zero-order valence-corrected chi connectivity index (χ0v) is 16.0. The molecule has 0 saturated carbocycles. The van der Waals surface area contributed by atoms with Gasteiger partial charge >= 0.3 is 0 Å². The summed E-state index contributed by atoms with van der Waals surface area (Å²) in [4.78, 5) is 31.3. The maximum Gasteiger partial charge on any atom is 0.241 e. The zero-order valence-electron chi connectivity index (χ0n) is 16.0. The number of amides is 2. The van der Waals surface area contributed by atoms with E-state index < -0.39 is 0 Å². The molecule has 0 spiro atoms. The molecule has 6 nitrogen and oxygen atoms in total. The molecule has 146 valence electrons. The quantitative estimate of drug-likeness (QED) is 0.844. The summed E-state index contributed by atoms with van der Waals surface area (Å²) in [6.45, 7) is 6.44. The topological polar surface area (TPSA) is 55.9 Å². The van der Waals surface area contributed by atoms with Crippen LogP contribution in [0.25, 0.3) is 0 Å². The third kappa shape index (κ3) is 4.33. The van der Waals surface area contributed by atoms with Gasteiger partial charge in [-0.1, -0.05) is 18.2 Å². The number of anilines is 1. The van der Waals surface area contributed by atoms with Crippen LogP contribution in [0.4, 0.5) is 5.69 Å². The number of hydrogen-bond acceptors (Lipinski definition) is 4. The first-order valence-electron chi connectivity index (χ1n) is 10.3. The molecular weight excluding hydrogens is 340 g/mol. The number of fused-ring (bicyclic) bond motifs is 1. The molecule has 6 heteroatoms. The van der Waals surface area contributed by atoms with Gasteiger partial charge < -0.3 is 15.1 Å². The molecule has 1 N–H and O–H groups in total. The molecule has 2 saturated heterocycles. The first kappa shape index (κ1) is 18.4. The van der Waals surface area contributed by atoms with Crippen LogP contribution in [0.2, 0.25) is 0 Å². The minimum absolute atomic E-state index is 0.174. The molecule has 3 aliphatic heterocycles. The summed E-state index contributed by atoms with van der Waals surface area (Å²) < 4.78 is 0. The highest BCUT2D eigenvalue weighted by Gasteiger charge is 2.28. The zero-order chi connectivity index (χ0) is 18.6. The second-order valence-corrected chi connectivity index (χ2v) is 7.98. The lowest BCUT2D eigenvalue weighted by atomic mass is 10.0. The van der Waals surface area contributed by atoms with Gasteiger partial charge in [-0.3, -0.25) is 14.5 Å². The van der Waals surface area contributed by atoms with Crippen molar-refractivity contribution in [2.45, 2.75) is 25.7 Å². The van der Waals surface area contributed by atoms with E-state index in [9.17, 15) is 9.59 Å². The molecule has 0 bridgehead atoms. The van der Waals surface area contributed by atoms with E-state index >= 15 is 0 Å². The van der Waals surface area contributed by atoms with E-state index in [1.807, 2.05) is 28.0 Å². The van der Waals surface area contributed by atoms with Crippen LogP contribution in [0.3, 0.4) is 0 Å². The Morgan fingerprint density at radius 3 is 2.63 bits per heavy atom. The van der Waals surface area contributed by atoms with Gasteiger partial charge in [0.15, 0.2) is 0 Å². The Hall–Kier alpha value is -1.92. The van der Waals surface area contributed by atoms with Gasteiger partial charge in [-0.05, 0) is 49.9 Å². The Kier molecular flexibility index (Phi) is 5.74. The number of nitrogens with zero attached hydrogens (tertiary/aromatic N) is 3. The van der Waals surface area contributed by atoms with Gasteiger partial charge in [0.2, 0.25) is 11.8 Å². The van der Waals surface area contributed by atoms with Crippen LogP contribution in [-0.2, 0) is 16.0 Å². The number of nitrogens with one attached hydrogen (secondary N) is 1. The van der Waals surface area contributed by atoms with Gasteiger partial charge in [0.1, 0.15) is 0 Å². The molecule has 0 aromatic heterocycles. The molecule has 4 rings (SSSR count). The third-order valence-corrected chi connectivity index (χ3v) is 6.20. The molecule has 2 amide bonds. The van der Waals surface area contributed by atoms with E-state index in [4.69, 9.17) is 0 Å². The molecule has 1 atom stereocenters. The fourth-order valence-corrected chi connectivity index (χ4v) is 4.48. The first-order valence-corrected chi connectivity index (χ1v) is 10.3. The summed E-state index contributed by atoms with van der Waals surface area (Å²) in [6, 6.07) is 8.17. The normalized spacial score (nSPS) is 22.9. The fraction of sp³-hybridized carbons (Fsp3) is 0.619. The van der Waals surface area contributed by atoms with Crippen LogP contribution in [0.15, 0.2) is 24.3 Å². The van der Waals surface area contributed by atoms with Gasteiger partial charge in [0, 0.05) is 44.8 Å². The van der Waals surface area contributed by atoms with Gasteiger partial charge in [-0.15, -0.1) is 0 Å². The second kappa shape index (κ2) is 8.40. The number of hydrogen-bond donors (Lipinski definition) is 1. The van der Waals surface area contributed by atoms with Crippen LogP contribution in [0.5, 0.6) is 0 Å². The van der Waals surface area contributed by atoms with Crippen molar-refractivity contribution in [3.05, 3.63) is 29.8 Å². The number of carbonyl (C=O) groups excluding carboxylic acids is 2. The van der Waals surface area contributed by atoms with Gasteiger partial charge in [-0.2, -0.15) is 0 Å². The molecule has 2 fully saturated rings. The number of rotatable bonds is 5. The minimum Gasteiger partial charge on any atom is -0.340 e. The van der Waals surface area contributed by atoms with Crippen molar-refractivity contribution in [2.75, 3.05) is 57.3 Å². The lowest BCUT2D eigenvalue weighted by Gasteiger charge is -2.35. The lowest BCUT2D eigenvalue weighted by Crippen LogP contribution is -2.51. The van der Waals surface area contributed by atoms with E-state index in [1.165, 1.54) is 12.0 Å². The molecule has 1 aromatic carbocycles. The van der Waals surface area contributed by atoms with Gasteiger partial charge in [0.05, 0.1) is 6.54 Å². The van der Waals surface area contributed by atoms with Crippen LogP contribution in [0, 0.1) is 5.92 Å². The highest BCUT2D eigenvalue weighted by Crippen LogP contribution is 2.27. The van der Waals surface area contributed by atoms with Gasteiger partial charge in [0.25, 0.3) is 0 Å². The Morgan fingerprint density at radius 2 is 1.85 bits per heavy atom. The summed E-state index contributed by atoms with van der Waals surface area (Å²) >= 11 is 0. The van der Waals surface area contributed by atoms with Crippen molar-refractivity contribution in [2.24, 2.45) is 5.92 Å². The molecule has 27 heavy (non-hydrogen) atoms. The Labute approximate surface area is 161 Å². The smallest absolute Gasteiger partial charge is 0.241 e. The van der Waals surface area contributed by atoms with Crippen LogP contribution >= 0.6 is 0 Å². The largest absolute Gasteiger partial charge is 0.340 e. The number of para-hydroxylation sites is 1. The van der Waals surface area contributed by atoms with Crippen molar-refractivity contribution in [3.8, 4) is 0 Å². The van der Waals surface area contributed by atoms with E-state index in [0.29, 0.717) is 18.9 Å². The van der Waals surface area contributed by atoms with E-state index in [-0.39, 0.29) is 11.8 Å². The standard InChI is InChI=1S/C21H30N4O2/c26-20(6-5-17-7-9-22-15-17)24-13-11-23(12-14-24)16-21(27)25-10-8-18-3-1-2-4-19(18)25/h1-4,17,22H,5-16H2. The molecule has 0 radical (unpaired) electrons. The predicted octanol–water partition coefficient (Wildman–Crippen LogP) is 1.11. The molecule has 0 aliphatic carbocycles. The van der Waals surface area contributed by atoms with Gasteiger partial charge in [-0.25, -0.2) is 0 Å².